The Morgan fingerprint density at radius 2 is 2.00 bits per heavy atom. The van der Waals surface area contributed by atoms with Gasteiger partial charge < -0.3 is 15.4 Å². The Balaban J connectivity index is 1.74. The number of pyridine rings is 1. The first-order chi connectivity index (χ1) is 13.5. The number of anilines is 2. The van der Waals surface area contributed by atoms with E-state index in [-0.39, 0.29) is 18.3 Å². The summed E-state index contributed by atoms with van der Waals surface area (Å²) in [5.74, 6) is 0.350. The number of methoxy groups -OCH3 is 1. The van der Waals surface area contributed by atoms with E-state index in [2.05, 4.69) is 15.6 Å². The number of amides is 1. The van der Waals surface area contributed by atoms with Crippen molar-refractivity contribution in [3.8, 4) is 5.75 Å². The van der Waals surface area contributed by atoms with Gasteiger partial charge in [0.05, 0.1) is 12.8 Å². The summed E-state index contributed by atoms with van der Waals surface area (Å²) in [7, 11) is 1.55. The maximum absolute atomic E-state index is 13.7. The van der Waals surface area contributed by atoms with E-state index in [1.165, 1.54) is 12.3 Å². The lowest BCUT2D eigenvalue weighted by molar-refractivity contribution is 0.0950. The van der Waals surface area contributed by atoms with E-state index in [4.69, 9.17) is 16.3 Å². The number of carbonyl (C=O) groups is 1. The van der Waals surface area contributed by atoms with Gasteiger partial charge in [-0.2, -0.15) is 0 Å². The summed E-state index contributed by atoms with van der Waals surface area (Å²) in [6.45, 7) is 1.98. The van der Waals surface area contributed by atoms with Crippen molar-refractivity contribution in [3.05, 3.63) is 82.3 Å². The van der Waals surface area contributed by atoms with E-state index >= 15 is 0 Å². The highest BCUT2D eigenvalue weighted by Crippen LogP contribution is 2.32. The molecule has 0 atom stereocenters. The van der Waals surface area contributed by atoms with Crippen LogP contribution in [0, 0.1) is 12.7 Å². The predicted molar refractivity (Wildman–Crippen MR) is 108 cm³/mol. The molecule has 3 aromatic rings. The molecule has 1 amide bonds. The molecule has 28 heavy (non-hydrogen) atoms. The van der Waals surface area contributed by atoms with Crippen LogP contribution in [0.1, 0.15) is 21.5 Å². The molecule has 2 aromatic carbocycles. The van der Waals surface area contributed by atoms with Crippen molar-refractivity contribution >= 4 is 29.0 Å². The molecule has 0 spiro atoms. The van der Waals surface area contributed by atoms with Crippen molar-refractivity contribution in [2.45, 2.75) is 13.5 Å². The number of benzene rings is 2. The van der Waals surface area contributed by atoms with Crippen molar-refractivity contribution < 1.29 is 13.9 Å². The van der Waals surface area contributed by atoms with Crippen LogP contribution in [0.25, 0.3) is 0 Å². The van der Waals surface area contributed by atoms with Crippen molar-refractivity contribution in [1.29, 1.82) is 0 Å². The van der Waals surface area contributed by atoms with Crippen molar-refractivity contribution in [3.63, 3.8) is 0 Å². The van der Waals surface area contributed by atoms with Crippen LogP contribution in [0.2, 0.25) is 5.02 Å². The second kappa shape index (κ2) is 8.71. The Bertz CT molecular complexity index is 1010. The molecule has 1 aromatic heterocycles. The minimum Gasteiger partial charge on any atom is -0.495 e. The molecule has 7 heteroatoms. The van der Waals surface area contributed by atoms with Crippen LogP contribution < -0.4 is 15.4 Å². The molecule has 0 aliphatic rings. The Labute approximate surface area is 167 Å². The van der Waals surface area contributed by atoms with Crippen molar-refractivity contribution in [1.82, 2.24) is 10.3 Å². The van der Waals surface area contributed by atoms with Gasteiger partial charge in [0.2, 0.25) is 0 Å². The zero-order chi connectivity index (χ0) is 20.1. The van der Waals surface area contributed by atoms with Crippen LogP contribution in [0.3, 0.4) is 0 Å². The number of nitrogens with one attached hydrogen (secondary N) is 2. The van der Waals surface area contributed by atoms with Gasteiger partial charge in [0.1, 0.15) is 17.4 Å². The zero-order valence-corrected chi connectivity index (χ0v) is 16.2. The molecule has 0 fully saturated rings. The summed E-state index contributed by atoms with van der Waals surface area (Å²) in [5.41, 5.74) is 2.38. The van der Waals surface area contributed by atoms with Gasteiger partial charge in [-0.25, -0.2) is 9.37 Å². The molecule has 0 radical (unpaired) electrons. The fraction of sp³-hybridized carbons (Fsp3) is 0.143. The van der Waals surface area contributed by atoms with Gasteiger partial charge in [-0.05, 0) is 36.8 Å². The first-order valence-corrected chi connectivity index (χ1v) is 8.94. The smallest absolute Gasteiger partial charge is 0.251 e. The summed E-state index contributed by atoms with van der Waals surface area (Å²) in [4.78, 5) is 16.7. The molecule has 0 bridgehead atoms. The number of ether oxygens (including phenoxy) is 1. The lowest BCUT2D eigenvalue weighted by atomic mass is 10.2. The van der Waals surface area contributed by atoms with Crippen LogP contribution in [-0.2, 0) is 6.54 Å². The molecule has 2 N–H and O–H groups in total. The van der Waals surface area contributed by atoms with Crippen molar-refractivity contribution in [2.75, 3.05) is 12.4 Å². The predicted octanol–water partition coefficient (Wildman–Crippen LogP) is 4.86. The average Bonchev–Trinajstić information content (AvgIpc) is 2.70. The second-order valence-electron chi connectivity index (χ2n) is 6.13. The molecule has 0 aliphatic heterocycles. The van der Waals surface area contributed by atoms with Crippen LogP contribution in [0.4, 0.5) is 15.9 Å². The first-order valence-electron chi connectivity index (χ1n) is 8.56. The number of hydrogen-bond donors (Lipinski definition) is 2. The lowest BCUT2D eigenvalue weighted by Crippen LogP contribution is -2.23. The minimum absolute atomic E-state index is 0.0980. The number of aromatic nitrogens is 1. The first kappa shape index (κ1) is 19.6. The van der Waals surface area contributed by atoms with E-state index in [0.717, 1.165) is 5.56 Å². The zero-order valence-electron chi connectivity index (χ0n) is 15.4. The van der Waals surface area contributed by atoms with Crippen LogP contribution in [0.15, 0.2) is 54.7 Å². The Kier molecular flexibility index (Phi) is 6.11. The van der Waals surface area contributed by atoms with Gasteiger partial charge in [-0.15, -0.1) is 0 Å². The van der Waals surface area contributed by atoms with E-state index in [9.17, 15) is 9.18 Å². The van der Waals surface area contributed by atoms with E-state index < -0.39 is 0 Å². The summed E-state index contributed by atoms with van der Waals surface area (Å²) in [5, 5.41) is 6.44. The highest BCUT2D eigenvalue weighted by atomic mass is 35.5. The molecule has 144 valence electrons. The van der Waals surface area contributed by atoms with Crippen LogP contribution in [-0.4, -0.2) is 18.0 Å². The Morgan fingerprint density at radius 3 is 2.75 bits per heavy atom. The van der Waals surface area contributed by atoms with E-state index in [1.54, 1.807) is 43.5 Å². The largest absolute Gasteiger partial charge is 0.495 e. The fourth-order valence-corrected chi connectivity index (χ4v) is 2.78. The van der Waals surface area contributed by atoms with Gasteiger partial charge >= 0.3 is 0 Å². The molecule has 0 saturated heterocycles. The van der Waals surface area contributed by atoms with Crippen LogP contribution in [0.5, 0.6) is 5.75 Å². The lowest BCUT2D eigenvalue weighted by Gasteiger charge is -2.13. The highest BCUT2D eigenvalue weighted by molar-refractivity contribution is 6.31. The number of hydrogen-bond acceptors (Lipinski definition) is 4. The third-order valence-corrected chi connectivity index (χ3v) is 4.57. The number of aryl methyl sites for hydroxylation is 1. The van der Waals surface area contributed by atoms with Gasteiger partial charge in [0.15, 0.2) is 0 Å². The Hall–Kier alpha value is -3.12. The van der Waals surface area contributed by atoms with Gasteiger partial charge in [0, 0.05) is 35.0 Å². The quantitative estimate of drug-likeness (QED) is 0.621. The molecule has 1 heterocycles. The standard InChI is InChI=1S/C21H19ClFN3O2/c1-13-9-18(19(28-2)11-16(13)22)26-20-10-14(7-8-24-20)21(27)25-12-15-5-3-4-6-17(15)23/h3-11H,12H2,1-2H3,(H,24,26)(H,25,27). The minimum atomic E-state index is -0.356. The van der Waals surface area contributed by atoms with Crippen LogP contribution >= 0.6 is 11.6 Å². The number of carbonyl (C=O) groups excluding carboxylic acids is 1. The number of nitrogens with zero attached hydrogens (tertiary/aromatic N) is 1. The average molecular weight is 400 g/mol. The summed E-state index contributed by atoms with van der Waals surface area (Å²) in [6, 6.07) is 13.1. The van der Waals surface area contributed by atoms with Crippen molar-refractivity contribution in [2.24, 2.45) is 0 Å². The molecule has 0 saturated carbocycles. The third-order valence-electron chi connectivity index (χ3n) is 4.16. The summed E-state index contributed by atoms with van der Waals surface area (Å²) >= 11 is 6.13. The maximum Gasteiger partial charge on any atom is 0.251 e. The third kappa shape index (κ3) is 4.58. The monoisotopic (exact) mass is 399 g/mol. The number of halogens is 2. The normalized spacial score (nSPS) is 10.4. The van der Waals surface area contributed by atoms with Gasteiger partial charge in [-0.1, -0.05) is 29.8 Å². The Morgan fingerprint density at radius 1 is 1.21 bits per heavy atom. The molecule has 3 rings (SSSR count). The molecule has 5 nitrogen and oxygen atoms in total. The molecular weight excluding hydrogens is 381 g/mol. The van der Waals surface area contributed by atoms with E-state index in [0.29, 0.717) is 33.4 Å². The van der Waals surface area contributed by atoms with Gasteiger partial charge in [-0.3, -0.25) is 4.79 Å². The molecular formula is C21H19ClFN3O2. The molecule has 0 unspecified atom stereocenters. The molecule has 0 aliphatic carbocycles. The van der Waals surface area contributed by atoms with E-state index in [1.807, 2.05) is 13.0 Å². The highest BCUT2D eigenvalue weighted by Gasteiger charge is 2.11. The fourth-order valence-electron chi connectivity index (χ4n) is 2.63. The summed E-state index contributed by atoms with van der Waals surface area (Å²) < 4.78 is 19.0. The maximum atomic E-state index is 13.7. The SMILES string of the molecule is COc1cc(Cl)c(C)cc1Nc1cc(C(=O)NCc2ccccc2F)ccn1. The second-order valence-corrected chi connectivity index (χ2v) is 6.54. The topological polar surface area (TPSA) is 63.2 Å². The van der Waals surface area contributed by atoms with Gasteiger partial charge in [0.25, 0.3) is 5.91 Å². The number of rotatable bonds is 6. The summed E-state index contributed by atoms with van der Waals surface area (Å²) in [6.07, 6.45) is 1.52.